The summed E-state index contributed by atoms with van der Waals surface area (Å²) in [6, 6.07) is 3.70. The molecule has 0 bridgehead atoms. The lowest BCUT2D eigenvalue weighted by atomic mass is 9.96. The number of aliphatic hydroxyl groups is 1. The Labute approximate surface area is 477 Å². The Balaban J connectivity index is 1.90. The minimum Gasteiger partial charge on any atom is -0.481 e. The molecule has 448 valence electrons. The number of fused-ring (bicyclic) bond motifs is 1. The second kappa shape index (κ2) is 34.9. The molecule has 0 spiro atoms. The predicted molar refractivity (Wildman–Crippen MR) is 307 cm³/mol. The molecule has 16 N–H and O–H groups in total. The molecule has 8 amide bonds. The number of carbonyl (C=O) groups excluding carboxylic acids is 8. The van der Waals surface area contributed by atoms with E-state index in [9.17, 15) is 63.3 Å². The Morgan fingerprint density at radius 2 is 1.11 bits per heavy atom. The molecule has 81 heavy (non-hydrogen) atoms. The highest BCUT2D eigenvalue weighted by molar-refractivity contribution is 7.98. The summed E-state index contributed by atoms with van der Waals surface area (Å²) in [5.41, 5.74) is 13.9. The number of aliphatic carboxylic acids is 2. The molecule has 3 aromatic rings. The van der Waals surface area contributed by atoms with Crippen LogP contribution in [0.4, 0.5) is 0 Å². The van der Waals surface area contributed by atoms with Crippen LogP contribution in [0.25, 0.3) is 10.9 Å². The van der Waals surface area contributed by atoms with Crippen LogP contribution in [0.3, 0.4) is 0 Å². The number of amides is 8. The molecule has 0 unspecified atom stereocenters. The highest BCUT2D eigenvalue weighted by Gasteiger charge is 2.37. The molecule has 1 heterocycles. The summed E-state index contributed by atoms with van der Waals surface area (Å²) < 4.78 is 0. The van der Waals surface area contributed by atoms with E-state index in [0.717, 1.165) is 10.9 Å². The minimum atomic E-state index is -1.78. The number of benzene rings is 2. The van der Waals surface area contributed by atoms with Crippen LogP contribution in [0.15, 0.2) is 60.8 Å². The van der Waals surface area contributed by atoms with Crippen molar-refractivity contribution in [3.8, 4) is 0 Å². The lowest BCUT2D eigenvalue weighted by molar-refractivity contribution is -0.143. The fourth-order valence-corrected chi connectivity index (χ4v) is 9.20. The van der Waals surface area contributed by atoms with Crippen LogP contribution in [-0.4, -0.2) is 159 Å². The molecular weight excluding hydrogens is 1070 g/mol. The number of carbonyl (C=O) groups is 10. The largest absolute Gasteiger partial charge is 0.481 e. The molecular formula is C56H85N11O13S. The van der Waals surface area contributed by atoms with Gasteiger partial charge in [0.2, 0.25) is 47.3 Å². The second-order valence-electron chi connectivity index (χ2n) is 21.0. The maximum atomic E-state index is 14.5. The SMILES string of the molecule is CC[C@H](C)[C@H](NC(=O)[C@H](CO)NC(=O)[C@H](CCC(=O)O)NC(=O)[C@@H](NC(=O)[C@H](Cc1c[nH]c2ccccc12)NC(=O)[C@H](CCCCN)NC(=O)[C@@H](N)CCSC)C(C)C)C(=O)N[C@@H](Cc1ccccc1)C(=O)N[C@@H](CC(C)C)C(=O)O. The molecule has 0 saturated carbocycles. The maximum Gasteiger partial charge on any atom is 0.326 e. The molecule has 1 aromatic heterocycles. The van der Waals surface area contributed by atoms with Crippen LogP contribution in [0.5, 0.6) is 0 Å². The van der Waals surface area contributed by atoms with Crippen molar-refractivity contribution < 1.29 is 63.3 Å². The van der Waals surface area contributed by atoms with Crippen LogP contribution in [0.2, 0.25) is 0 Å². The highest BCUT2D eigenvalue weighted by Crippen LogP contribution is 2.20. The number of carboxylic acid groups (broad SMARTS) is 2. The third-order valence-electron chi connectivity index (χ3n) is 13.7. The topological polar surface area (TPSA) is 395 Å². The van der Waals surface area contributed by atoms with E-state index >= 15 is 0 Å². The van der Waals surface area contributed by atoms with E-state index in [4.69, 9.17) is 11.5 Å². The first kappa shape index (κ1) is 68.2. The Morgan fingerprint density at radius 1 is 0.593 bits per heavy atom. The van der Waals surface area contributed by atoms with Crippen molar-refractivity contribution >= 4 is 81.9 Å². The minimum absolute atomic E-state index is 0.0537. The third kappa shape index (κ3) is 22.8. The van der Waals surface area contributed by atoms with Gasteiger partial charge in [0.25, 0.3) is 0 Å². The van der Waals surface area contributed by atoms with Gasteiger partial charge in [0.1, 0.15) is 48.3 Å². The standard InChI is InChI=1S/C56H85N11O13S/c1-8-33(6)47(55(78)63-41(27-34-16-10-9-11-17-34)51(74)64-43(56(79)80)26-31(2)3)67-53(76)44(30-68)65-50(73)40(21-22-45(69)70)61-54(77)46(32(4)5)66-52(75)42(28-35-29-59-38-19-13-12-18-36(35)38)62-49(72)39(20-14-15-24-57)60-48(71)37(58)23-25-81-7/h9-13,16-19,29,31-33,37,39-44,46-47,59,68H,8,14-15,20-28,30,57-58H2,1-7H3,(H,60,71)(H,61,77)(H,62,72)(H,63,78)(H,64,74)(H,65,73)(H,66,75)(H,67,76)(H,69,70)(H,79,80)/t33-,37-,39-,40-,41-,42-,43-,44-,46-,47-/m0/s1. The van der Waals surface area contributed by atoms with Gasteiger partial charge in [-0.2, -0.15) is 11.8 Å². The highest BCUT2D eigenvalue weighted by atomic mass is 32.2. The molecule has 3 rings (SSSR count). The number of nitrogens with one attached hydrogen (secondary N) is 9. The van der Waals surface area contributed by atoms with E-state index in [1.54, 1.807) is 84.1 Å². The Morgan fingerprint density at radius 3 is 1.70 bits per heavy atom. The van der Waals surface area contributed by atoms with Crippen LogP contribution < -0.4 is 54.0 Å². The number of carboxylic acids is 2. The van der Waals surface area contributed by atoms with Crippen molar-refractivity contribution in [3.05, 3.63) is 71.9 Å². The summed E-state index contributed by atoms with van der Waals surface area (Å²) in [7, 11) is 0. The Hall–Kier alpha value is -7.09. The summed E-state index contributed by atoms with van der Waals surface area (Å²) in [5.74, 6) is -10.2. The van der Waals surface area contributed by atoms with E-state index in [1.807, 2.05) is 24.5 Å². The van der Waals surface area contributed by atoms with Gasteiger partial charge >= 0.3 is 11.9 Å². The quantitative estimate of drug-likeness (QED) is 0.0354. The molecule has 0 aliphatic carbocycles. The molecule has 0 radical (unpaired) electrons. The van der Waals surface area contributed by atoms with Gasteiger partial charge in [-0.1, -0.05) is 96.5 Å². The lowest BCUT2D eigenvalue weighted by Gasteiger charge is -2.30. The summed E-state index contributed by atoms with van der Waals surface area (Å²) in [4.78, 5) is 139. The van der Waals surface area contributed by atoms with Gasteiger partial charge in [0.15, 0.2) is 0 Å². The van der Waals surface area contributed by atoms with Crippen molar-refractivity contribution in [1.82, 2.24) is 47.5 Å². The molecule has 0 aliphatic heterocycles. The summed E-state index contributed by atoms with van der Waals surface area (Å²) in [5, 5.41) is 51.5. The fraction of sp³-hybridized carbons (Fsp3) is 0.571. The zero-order valence-corrected chi connectivity index (χ0v) is 48.2. The number of aromatic nitrogens is 1. The van der Waals surface area contributed by atoms with Gasteiger partial charge in [-0.15, -0.1) is 0 Å². The predicted octanol–water partition coefficient (Wildman–Crippen LogP) is 0.731. The second-order valence-corrected chi connectivity index (χ2v) is 22.0. The first-order valence-corrected chi connectivity index (χ1v) is 28.9. The van der Waals surface area contributed by atoms with Crippen LogP contribution >= 0.6 is 11.8 Å². The number of aliphatic hydroxyl groups excluding tert-OH is 1. The molecule has 0 fully saturated rings. The van der Waals surface area contributed by atoms with Gasteiger partial charge in [-0.3, -0.25) is 43.2 Å². The molecule has 10 atom stereocenters. The maximum absolute atomic E-state index is 14.5. The molecule has 0 aliphatic rings. The summed E-state index contributed by atoms with van der Waals surface area (Å²) in [6.07, 6.45) is 4.16. The van der Waals surface area contributed by atoms with Crippen molar-refractivity contribution in [2.75, 3.05) is 25.2 Å². The van der Waals surface area contributed by atoms with E-state index in [0.29, 0.717) is 49.1 Å². The number of para-hydroxylation sites is 1. The van der Waals surface area contributed by atoms with Crippen molar-refractivity contribution in [2.24, 2.45) is 29.2 Å². The normalized spacial score (nSPS) is 15.1. The van der Waals surface area contributed by atoms with E-state index in [-0.39, 0.29) is 31.6 Å². The Kier molecular flexibility index (Phi) is 29.4. The number of H-pyrrole nitrogens is 1. The summed E-state index contributed by atoms with van der Waals surface area (Å²) >= 11 is 1.51. The molecule has 0 saturated heterocycles. The van der Waals surface area contributed by atoms with Gasteiger partial charge in [0.05, 0.1) is 12.6 Å². The van der Waals surface area contributed by atoms with Crippen molar-refractivity contribution in [3.63, 3.8) is 0 Å². The zero-order chi connectivity index (χ0) is 60.3. The van der Waals surface area contributed by atoms with Crippen LogP contribution in [0.1, 0.15) is 104 Å². The Bertz CT molecular complexity index is 2570. The van der Waals surface area contributed by atoms with Crippen molar-refractivity contribution in [2.45, 2.75) is 160 Å². The lowest BCUT2D eigenvalue weighted by Crippen LogP contribution is -2.62. The zero-order valence-electron chi connectivity index (χ0n) is 47.4. The number of aromatic amines is 1. The number of thioether (sulfide) groups is 1. The van der Waals surface area contributed by atoms with Gasteiger partial charge in [-0.05, 0) is 92.0 Å². The van der Waals surface area contributed by atoms with E-state index in [2.05, 4.69) is 47.5 Å². The summed E-state index contributed by atoms with van der Waals surface area (Å²) in [6.45, 7) is 9.44. The van der Waals surface area contributed by atoms with E-state index < -0.39 is 145 Å². The van der Waals surface area contributed by atoms with E-state index in [1.165, 1.54) is 11.8 Å². The molecule has 24 nitrogen and oxygen atoms in total. The fourth-order valence-electron chi connectivity index (χ4n) is 8.71. The van der Waals surface area contributed by atoms with Gasteiger partial charge < -0.3 is 74.3 Å². The van der Waals surface area contributed by atoms with Crippen LogP contribution in [-0.2, 0) is 60.8 Å². The smallest absolute Gasteiger partial charge is 0.326 e. The average molecular weight is 1150 g/mol. The first-order valence-electron chi connectivity index (χ1n) is 27.5. The van der Waals surface area contributed by atoms with Crippen molar-refractivity contribution in [1.29, 1.82) is 0 Å². The van der Waals surface area contributed by atoms with Crippen LogP contribution in [0, 0.1) is 17.8 Å². The van der Waals surface area contributed by atoms with Gasteiger partial charge in [-0.25, -0.2) is 4.79 Å². The third-order valence-corrected chi connectivity index (χ3v) is 14.3. The number of unbranched alkanes of at least 4 members (excludes halogenated alkanes) is 1. The number of hydrogen-bond donors (Lipinski definition) is 14. The number of hydrogen-bond acceptors (Lipinski definition) is 14. The monoisotopic (exact) mass is 1150 g/mol. The first-order chi connectivity index (χ1) is 38.4. The number of rotatable bonds is 37. The molecule has 2 aromatic carbocycles. The molecule has 25 heteroatoms. The van der Waals surface area contributed by atoms with Gasteiger partial charge in [0, 0.05) is 36.4 Å². The average Bonchev–Trinajstić information content (AvgIpc) is 3.87. The number of nitrogens with two attached hydrogens (primary N) is 2.